The molecule has 0 saturated heterocycles. The number of carbonyl (C=O) groups is 1. The lowest BCUT2D eigenvalue weighted by Crippen LogP contribution is -2.29. The third-order valence-electron chi connectivity index (χ3n) is 2.02. The van der Waals surface area contributed by atoms with Crippen molar-refractivity contribution in [2.75, 3.05) is 0 Å². The molecule has 0 atom stereocenters. The second-order valence-electron chi connectivity index (χ2n) is 3.36. The van der Waals surface area contributed by atoms with Gasteiger partial charge in [-0.15, -0.1) is 0 Å². The lowest BCUT2D eigenvalue weighted by molar-refractivity contribution is -0.276. The minimum absolute atomic E-state index is 0.129. The molecule has 1 aliphatic heterocycles. The van der Waals surface area contributed by atoms with Gasteiger partial charge in [-0.25, -0.2) is 4.79 Å². The number of rotatable bonds is 2. The van der Waals surface area contributed by atoms with Crippen LogP contribution in [-0.4, -0.2) is 22.0 Å². The smallest absolute Gasteiger partial charge is 0.361 e. The Morgan fingerprint density at radius 3 is 2.42 bits per heavy atom. The Balaban J connectivity index is 2.08. The number of allylic oxidation sites excluding steroid dienone is 1. The summed E-state index contributed by atoms with van der Waals surface area (Å²) in [6, 6.07) is 7.70. The van der Waals surface area contributed by atoms with Crippen LogP contribution in [0.2, 0.25) is 0 Å². The Morgan fingerprint density at radius 2 is 1.89 bits per heavy atom. The Labute approximate surface area is 110 Å². The van der Waals surface area contributed by atoms with Gasteiger partial charge in [0.1, 0.15) is 6.20 Å². The molecule has 0 bridgehead atoms. The Hall–Kier alpha value is -1.93. The highest BCUT2D eigenvalue weighted by Crippen LogP contribution is 2.33. The summed E-state index contributed by atoms with van der Waals surface area (Å²) >= 11 is 5.32. The van der Waals surface area contributed by atoms with Crippen LogP contribution in [0.4, 0.5) is 13.2 Å². The number of carbonyl (C=O) groups excluding carboxylic acids is 1. The number of nitrogens with zero attached hydrogens (tertiary/aromatic N) is 2. The molecule has 0 unspecified atom stereocenters. The van der Waals surface area contributed by atoms with Crippen LogP contribution in [0.25, 0.3) is 0 Å². The van der Waals surface area contributed by atoms with Gasteiger partial charge < -0.3 is 9.68 Å². The van der Waals surface area contributed by atoms with Gasteiger partial charge in [-0.05, 0) is 12.1 Å². The first kappa shape index (κ1) is 13.5. The maximum atomic E-state index is 12.3. The van der Waals surface area contributed by atoms with E-state index in [0.717, 1.165) is 0 Å². The second kappa shape index (κ2) is 4.98. The van der Waals surface area contributed by atoms with Gasteiger partial charge in [-0.3, -0.25) is 0 Å². The van der Waals surface area contributed by atoms with Crippen molar-refractivity contribution in [1.29, 1.82) is 0 Å². The largest absolute Gasteiger partial charge is 0.453 e. The number of hydrogen-bond donors (Lipinski definition) is 0. The number of halogens is 4. The van der Waals surface area contributed by atoms with E-state index in [9.17, 15) is 18.0 Å². The van der Waals surface area contributed by atoms with Crippen molar-refractivity contribution in [2.45, 2.75) is 6.18 Å². The van der Waals surface area contributed by atoms with Crippen LogP contribution in [0.3, 0.4) is 0 Å². The number of alkyl halides is 3. The van der Waals surface area contributed by atoms with Crippen LogP contribution >= 0.6 is 11.8 Å². The van der Waals surface area contributed by atoms with E-state index in [1.165, 1.54) is 12.1 Å². The zero-order valence-electron chi connectivity index (χ0n) is 9.10. The Kier molecular flexibility index (Phi) is 3.54. The quantitative estimate of drug-likeness (QED) is 0.785. The van der Waals surface area contributed by atoms with E-state index in [2.05, 4.69) is 9.68 Å². The summed E-state index contributed by atoms with van der Waals surface area (Å²) < 4.78 is 37.1. The van der Waals surface area contributed by atoms with E-state index in [4.69, 9.17) is 11.8 Å². The topological polar surface area (TPSA) is 42.0 Å². The highest BCUT2D eigenvalue weighted by Gasteiger charge is 2.44. The molecule has 1 aliphatic rings. The fraction of sp³-hybridized carbons (Fsp3) is 0.100. The van der Waals surface area contributed by atoms with E-state index in [1.807, 2.05) is 0 Å². The van der Waals surface area contributed by atoms with Crippen molar-refractivity contribution >= 4 is 17.7 Å². The van der Waals surface area contributed by atoms with Crippen LogP contribution in [0.1, 0.15) is 10.4 Å². The first-order valence-corrected chi connectivity index (χ1v) is 5.21. The molecule has 0 fully saturated rings. The molecule has 0 spiro atoms. The molecular weight excluding hydrogens is 289 g/mol. The third-order valence-corrected chi connectivity index (χ3v) is 2.24. The fourth-order valence-corrected chi connectivity index (χ4v) is 1.33. The van der Waals surface area contributed by atoms with Crippen LogP contribution in [0, 0.1) is 0 Å². The molecule has 0 radical (unpaired) electrons. The molecule has 0 amide bonds. The van der Waals surface area contributed by atoms with Crippen molar-refractivity contribution in [2.24, 2.45) is 0 Å². The molecule has 0 aromatic heterocycles. The molecule has 5 nitrogen and oxygen atoms in total. The summed E-state index contributed by atoms with van der Waals surface area (Å²) in [5.41, 5.74) is 0.154. The number of hydrogen-bond acceptors (Lipinski definition) is 5. The maximum absolute atomic E-state index is 12.3. The predicted octanol–water partition coefficient (Wildman–Crippen LogP) is 2.78. The molecule has 0 aliphatic carbocycles. The van der Waals surface area contributed by atoms with E-state index < -0.39 is 17.9 Å². The first-order valence-electron chi connectivity index (χ1n) is 4.87. The first-order chi connectivity index (χ1) is 8.88. The molecule has 0 N–H and O–H groups in total. The Bertz CT molecular complexity index is 506. The van der Waals surface area contributed by atoms with Gasteiger partial charge in [-0.1, -0.05) is 23.4 Å². The molecular formula is C10H6ClF3N2O3. The summed E-state index contributed by atoms with van der Waals surface area (Å²) in [7, 11) is 0. The van der Waals surface area contributed by atoms with Crippen LogP contribution in [0.5, 0.6) is 0 Å². The average Bonchev–Trinajstić information content (AvgIpc) is 2.72. The van der Waals surface area contributed by atoms with Crippen LogP contribution in [0.15, 0.2) is 42.3 Å². The van der Waals surface area contributed by atoms with E-state index >= 15 is 0 Å². The minimum atomic E-state index is -4.74. The Morgan fingerprint density at radius 1 is 1.26 bits per heavy atom. The second-order valence-corrected chi connectivity index (χ2v) is 3.65. The highest BCUT2D eigenvalue weighted by atomic mass is 35.5. The average molecular weight is 295 g/mol. The summed E-state index contributed by atoms with van der Waals surface area (Å²) in [6.45, 7) is 0. The van der Waals surface area contributed by atoms with Gasteiger partial charge in [0.15, 0.2) is 0 Å². The van der Waals surface area contributed by atoms with Gasteiger partial charge in [0.2, 0.25) is 0 Å². The van der Waals surface area contributed by atoms with Crippen LogP contribution < -0.4 is 0 Å². The molecule has 1 heterocycles. The molecule has 19 heavy (non-hydrogen) atoms. The maximum Gasteiger partial charge on any atom is 0.453 e. The van der Waals surface area contributed by atoms with Gasteiger partial charge >= 0.3 is 12.1 Å². The fourth-order valence-electron chi connectivity index (χ4n) is 1.19. The lowest BCUT2D eigenvalue weighted by Gasteiger charge is -2.17. The summed E-state index contributed by atoms with van der Waals surface area (Å²) in [4.78, 5) is 20.4. The van der Waals surface area contributed by atoms with Crippen molar-refractivity contribution in [3.05, 3.63) is 47.9 Å². The lowest BCUT2D eigenvalue weighted by atomic mass is 10.2. The van der Waals surface area contributed by atoms with Gasteiger partial charge in [0.25, 0.3) is 5.76 Å². The van der Waals surface area contributed by atoms with E-state index in [-0.39, 0.29) is 10.3 Å². The van der Waals surface area contributed by atoms with E-state index in [0.29, 0.717) is 11.4 Å². The highest BCUT2D eigenvalue weighted by molar-refractivity contribution is 6.12. The number of benzene rings is 1. The third kappa shape index (κ3) is 3.09. The molecule has 102 valence electrons. The molecule has 0 saturated carbocycles. The minimum Gasteiger partial charge on any atom is -0.361 e. The van der Waals surface area contributed by atoms with Gasteiger partial charge in [0, 0.05) is 11.8 Å². The molecule has 1 aromatic carbocycles. The van der Waals surface area contributed by atoms with Gasteiger partial charge in [0.05, 0.1) is 10.3 Å². The van der Waals surface area contributed by atoms with Gasteiger partial charge in [-0.2, -0.15) is 13.2 Å². The van der Waals surface area contributed by atoms with Crippen molar-refractivity contribution < 1.29 is 27.6 Å². The number of hydroxylamine groups is 1. The van der Waals surface area contributed by atoms with Crippen molar-refractivity contribution in [1.82, 2.24) is 9.86 Å². The monoisotopic (exact) mass is 294 g/mol. The molecule has 1 aromatic rings. The van der Waals surface area contributed by atoms with Crippen LogP contribution in [-0.2, 0) is 9.68 Å². The normalized spacial score (nSPS) is 16.0. The van der Waals surface area contributed by atoms with E-state index in [1.54, 1.807) is 18.2 Å². The zero-order chi connectivity index (χ0) is 14.0. The van der Waals surface area contributed by atoms with Crippen molar-refractivity contribution in [3.8, 4) is 0 Å². The standard InChI is InChI=1S/C10H6ClF3N2O3/c11-16-15(6-8(18-16)10(12,13)14)19-9(17)7-4-2-1-3-5-7/h1-6H. The SMILES string of the molecule is O=C(ON1C=C(C(F)(F)F)ON1Cl)c1ccccc1. The number of hydrazine groups is 1. The summed E-state index contributed by atoms with van der Waals surface area (Å²) in [5.74, 6) is -2.28. The van der Waals surface area contributed by atoms with Crippen molar-refractivity contribution in [3.63, 3.8) is 0 Å². The molecule has 9 heteroatoms. The predicted molar refractivity (Wildman–Crippen MR) is 56.6 cm³/mol. The summed E-state index contributed by atoms with van der Waals surface area (Å²) in [6.07, 6.45) is -4.32. The molecule has 2 rings (SSSR count). The summed E-state index contributed by atoms with van der Waals surface area (Å²) in [5, 5.41) is 0.333. The zero-order valence-corrected chi connectivity index (χ0v) is 9.85.